The Balaban J connectivity index is 1.68. The Morgan fingerprint density at radius 2 is 1.47 bits per heavy atom. The molecule has 34 heavy (non-hydrogen) atoms. The lowest BCUT2D eigenvalue weighted by molar-refractivity contribution is 0.00578. The Labute approximate surface area is 203 Å². The minimum atomic E-state index is -0.558. The van der Waals surface area contributed by atoms with Crippen LogP contribution < -0.4 is 10.4 Å². The van der Waals surface area contributed by atoms with E-state index in [2.05, 4.69) is 12.1 Å². The van der Waals surface area contributed by atoms with Crippen LogP contribution in [0.1, 0.15) is 54.0 Å². The number of fused-ring (bicyclic) bond motifs is 1. The first kappa shape index (κ1) is 24.3. The number of hydrogen-bond donors (Lipinski definition) is 0. The van der Waals surface area contributed by atoms with Crippen molar-refractivity contribution in [3.05, 3.63) is 72.3 Å². The van der Waals surface area contributed by atoms with E-state index in [9.17, 15) is 4.79 Å². The van der Waals surface area contributed by atoms with E-state index in [1.165, 1.54) is 0 Å². The SMILES string of the molecule is CC(C)(C)N(C(=O)OCc1ccc2ccccc2c1B1OC(C)(C)C(C)(C)O1)c1ccccc1. The summed E-state index contributed by atoms with van der Waals surface area (Å²) >= 11 is 0. The van der Waals surface area contributed by atoms with Crippen molar-refractivity contribution in [1.29, 1.82) is 0 Å². The lowest BCUT2D eigenvalue weighted by Crippen LogP contribution is -2.46. The highest BCUT2D eigenvalue weighted by Gasteiger charge is 2.52. The number of para-hydroxylation sites is 1. The molecule has 0 atom stereocenters. The fourth-order valence-corrected chi connectivity index (χ4v) is 4.25. The van der Waals surface area contributed by atoms with Gasteiger partial charge in [0, 0.05) is 11.2 Å². The second-order valence-corrected chi connectivity index (χ2v) is 10.8. The molecule has 3 aromatic rings. The molecule has 1 aliphatic rings. The van der Waals surface area contributed by atoms with E-state index in [1.807, 2.05) is 103 Å². The molecule has 1 aliphatic heterocycles. The quantitative estimate of drug-likeness (QED) is 0.444. The Kier molecular flexibility index (Phi) is 6.26. The van der Waals surface area contributed by atoms with Crippen LogP contribution in [-0.2, 0) is 20.7 Å². The number of carbonyl (C=O) groups excluding carboxylic acids is 1. The average molecular weight is 459 g/mol. The lowest BCUT2D eigenvalue weighted by atomic mass is 9.73. The van der Waals surface area contributed by atoms with Crippen molar-refractivity contribution in [3.8, 4) is 0 Å². The van der Waals surface area contributed by atoms with Gasteiger partial charge in [0.25, 0.3) is 0 Å². The number of nitrogens with zero attached hydrogens (tertiary/aromatic N) is 1. The van der Waals surface area contributed by atoms with Crippen LogP contribution in [0.2, 0.25) is 0 Å². The van der Waals surface area contributed by atoms with Gasteiger partial charge in [-0.2, -0.15) is 0 Å². The van der Waals surface area contributed by atoms with Crippen molar-refractivity contribution in [1.82, 2.24) is 0 Å². The molecular weight excluding hydrogens is 425 g/mol. The molecule has 0 N–H and O–H groups in total. The van der Waals surface area contributed by atoms with Gasteiger partial charge in [-0.25, -0.2) is 4.79 Å². The molecule has 0 spiro atoms. The summed E-state index contributed by atoms with van der Waals surface area (Å²) in [6, 6.07) is 21.8. The minimum Gasteiger partial charge on any atom is -0.444 e. The van der Waals surface area contributed by atoms with Crippen LogP contribution in [-0.4, -0.2) is 30.0 Å². The van der Waals surface area contributed by atoms with E-state index in [4.69, 9.17) is 14.0 Å². The van der Waals surface area contributed by atoms with Crippen LogP contribution in [0.5, 0.6) is 0 Å². The van der Waals surface area contributed by atoms with Gasteiger partial charge in [0.05, 0.1) is 11.2 Å². The van der Waals surface area contributed by atoms with Crippen molar-refractivity contribution < 1.29 is 18.8 Å². The minimum absolute atomic E-state index is 0.114. The summed E-state index contributed by atoms with van der Waals surface area (Å²) in [6.45, 7) is 14.3. The standard InChI is InChI=1S/C28H34BNO4/c1-26(2,3)30(22-14-9-8-10-15-22)25(31)32-19-21-18-17-20-13-11-12-16-23(20)24(21)29-33-27(4,5)28(6,7)34-29/h8-18H,19H2,1-7H3. The van der Waals surface area contributed by atoms with Crippen molar-refractivity contribution in [2.75, 3.05) is 4.90 Å². The van der Waals surface area contributed by atoms with Crippen LogP contribution in [0.25, 0.3) is 10.8 Å². The molecule has 0 aromatic heterocycles. The third-order valence-corrected chi connectivity index (χ3v) is 6.77. The summed E-state index contributed by atoms with van der Waals surface area (Å²) in [5, 5.41) is 2.12. The normalized spacial score (nSPS) is 17.1. The molecule has 0 radical (unpaired) electrons. The summed E-state index contributed by atoms with van der Waals surface area (Å²) in [4.78, 5) is 15.0. The van der Waals surface area contributed by atoms with Crippen molar-refractivity contribution in [3.63, 3.8) is 0 Å². The zero-order chi connectivity index (χ0) is 24.7. The smallest absolute Gasteiger partial charge is 0.444 e. The van der Waals surface area contributed by atoms with Crippen molar-refractivity contribution >= 4 is 35.1 Å². The molecule has 0 saturated carbocycles. The van der Waals surface area contributed by atoms with Crippen molar-refractivity contribution in [2.45, 2.75) is 71.8 Å². The number of carbonyl (C=O) groups is 1. The molecule has 3 aromatic carbocycles. The number of anilines is 1. The lowest BCUT2D eigenvalue weighted by Gasteiger charge is -2.34. The van der Waals surface area contributed by atoms with Gasteiger partial charge >= 0.3 is 13.2 Å². The highest BCUT2D eigenvalue weighted by Crippen LogP contribution is 2.37. The Bertz CT molecular complexity index is 1170. The average Bonchev–Trinajstić information content (AvgIpc) is 2.98. The number of rotatable bonds is 4. The highest BCUT2D eigenvalue weighted by atomic mass is 16.7. The predicted octanol–water partition coefficient (Wildman–Crippen LogP) is 6.08. The summed E-state index contributed by atoms with van der Waals surface area (Å²) in [5.74, 6) is 0. The topological polar surface area (TPSA) is 48.0 Å². The maximum absolute atomic E-state index is 13.3. The zero-order valence-electron chi connectivity index (χ0n) is 21.2. The van der Waals surface area contributed by atoms with E-state index < -0.39 is 30.0 Å². The molecule has 0 aliphatic carbocycles. The third kappa shape index (κ3) is 4.57. The van der Waals surface area contributed by atoms with Gasteiger partial charge in [-0.05, 0) is 82.4 Å². The maximum atomic E-state index is 13.3. The van der Waals surface area contributed by atoms with E-state index in [0.717, 1.165) is 27.5 Å². The van der Waals surface area contributed by atoms with Gasteiger partial charge in [-0.15, -0.1) is 0 Å². The van der Waals surface area contributed by atoms with Gasteiger partial charge in [0.1, 0.15) is 6.61 Å². The molecular formula is C28H34BNO4. The summed E-state index contributed by atoms with van der Waals surface area (Å²) in [7, 11) is -0.558. The second kappa shape index (κ2) is 8.75. The van der Waals surface area contributed by atoms with Gasteiger partial charge in [-0.3, -0.25) is 4.90 Å². The molecule has 5 nitrogen and oxygen atoms in total. The fourth-order valence-electron chi connectivity index (χ4n) is 4.25. The Morgan fingerprint density at radius 1 is 0.882 bits per heavy atom. The van der Waals surface area contributed by atoms with Crippen LogP contribution in [0.3, 0.4) is 0 Å². The molecule has 1 heterocycles. The fraction of sp³-hybridized carbons (Fsp3) is 0.393. The summed E-state index contributed by atoms with van der Waals surface area (Å²) in [6.07, 6.45) is -0.397. The first-order valence-corrected chi connectivity index (χ1v) is 11.8. The van der Waals surface area contributed by atoms with Gasteiger partial charge in [-0.1, -0.05) is 54.6 Å². The second-order valence-electron chi connectivity index (χ2n) is 10.8. The molecule has 0 unspecified atom stereocenters. The van der Waals surface area contributed by atoms with E-state index in [-0.39, 0.29) is 6.61 Å². The first-order valence-electron chi connectivity index (χ1n) is 11.8. The molecule has 4 rings (SSSR count). The zero-order valence-corrected chi connectivity index (χ0v) is 21.2. The summed E-state index contributed by atoms with van der Waals surface area (Å²) < 4.78 is 18.7. The molecule has 6 heteroatoms. The number of ether oxygens (including phenoxy) is 1. The molecule has 1 amide bonds. The van der Waals surface area contributed by atoms with Crippen LogP contribution >= 0.6 is 0 Å². The van der Waals surface area contributed by atoms with Gasteiger partial charge in [0.15, 0.2) is 0 Å². The monoisotopic (exact) mass is 459 g/mol. The van der Waals surface area contributed by atoms with Crippen LogP contribution in [0, 0.1) is 0 Å². The maximum Gasteiger partial charge on any atom is 0.495 e. The highest BCUT2D eigenvalue weighted by molar-refractivity contribution is 6.65. The van der Waals surface area contributed by atoms with E-state index in [0.29, 0.717) is 0 Å². The van der Waals surface area contributed by atoms with Gasteiger partial charge < -0.3 is 14.0 Å². The summed E-state index contributed by atoms with van der Waals surface area (Å²) in [5.41, 5.74) is 1.18. The van der Waals surface area contributed by atoms with Crippen LogP contribution in [0.15, 0.2) is 66.7 Å². The molecule has 178 valence electrons. The van der Waals surface area contributed by atoms with Crippen LogP contribution in [0.4, 0.5) is 10.5 Å². The van der Waals surface area contributed by atoms with E-state index >= 15 is 0 Å². The molecule has 0 bridgehead atoms. The number of benzene rings is 3. The Hall–Kier alpha value is -2.83. The third-order valence-electron chi connectivity index (χ3n) is 6.77. The first-order chi connectivity index (χ1) is 15.9. The van der Waals surface area contributed by atoms with Crippen molar-refractivity contribution in [2.24, 2.45) is 0 Å². The Morgan fingerprint density at radius 3 is 2.09 bits per heavy atom. The molecule has 1 saturated heterocycles. The van der Waals surface area contributed by atoms with E-state index in [1.54, 1.807) is 4.90 Å². The largest absolute Gasteiger partial charge is 0.495 e. The van der Waals surface area contributed by atoms with Gasteiger partial charge in [0.2, 0.25) is 0 Å². The predicted molar refractivity (Wildman–Crippen MR) is 139 cm³/mol. The number of hydrogen-bond acceptors (Lipinski definition) is 4. The molecule has 1 fully saturated rings. The number of amides is 1.